The molecule has 1 N–H and O–H groups in total. The van der Waals surface area contributed by atoms with Crippen LogP contribution in [0.1, 0.15) is 29.8 Å². The molecule has 0 radical (unpaired) electrons. The Bertz CT molecular complexity index is 969. The van der Waals surface area contributed by atoms with E-state index in [0.29, 0.717) is 5.69 Å². The van der Waals surface area contributed by atoms with E-state index in [1.165, 1.54) is 12.1 Å². The van der Waals surface area contributed by atoms with Gasteiger partial charge >= 0.3 is 0 Å². The number of para-hydroxylation sites is 1. The molecule has 1 heterocycles. The normalized spacial score (nSPS) is 18.8. The van der Waals surface area contributed by atoms with E-state index in [9.17, 15) is 18.0 Å². The molecule has 3 rings (SSSR count). The Morgan fingerprint density at radius 3 is 2.58 bits per heavy atom. The zero-order chi connectivity index (χ0) is 18.9. The Morgan fingerprint density at radius 2 is 1.92 bits per heavy atom. The molecule has 1 fully saturated rings. The largest absolute Gasteiger partial charge is 0.322 e. The van der Waals surface area contributed by atoms with Crippen LogP contribution in [0.2, 0.25) is 0 Å². The third-order valence-electron chi connectivity index (χ3n) is 4.35. The molecule has 1 saturated heterocycles. The molecule has 7 heteroatoms. The van der Waals surface area contributed by atoms with Crippen LogP contribution in [0.3, 0.4) is 0 Å². The van der Waals surface area contributed by atoms with Gasteiger partial charge in [-0.3, -0.25) is 9.59 Å². The van der Waals surface area contributed by atoms with Gasteiger partial charge in [0.05, 0.1) is 17.4 Å². The van der Waals surface area contributed by atoms with Crippen LogP contribution in [0.4, 0.5) is 11.4 Å². The molecule has 26 heavy (non-hydrogen) atoms. The number of anilines is 2. The highest BCUT2D eigenvalue weighted by molar-refractivity contribution is 7.94. The highest BCUT2D eigenvalue weighted by atomic mass is 32.2. The number of benzene rings is 2. The van der Waals surface area contributed by atoms with Crippen molar-refractivity contribution < 1.29 is 18.0 Å². The summed E-state index contributed by atoms with van der Waals surface area (Å²) in [6.45, 7) is 3.58. The van der Waals surface area contributed by atoms with Gasteiger partial charge in [0.2, 0.25) is 15.9 Å². The summed E-state index contributed by atoms with van der Waals surface area (Å²) in [4.78, 5) is 24.8. The predicted octanol–water partition coefficient (Wildman–Crippen LogP) is 2.81. The lowest BCUT2D eigenvalue weighted by Gasteiger charge is -2.16. The quantitative estimate of drug-likeness (QED) is 0.894. The van der Waals surface area contributed by atoms with E-state index < -0.39 is 21.8 Å². The van der Waals surface area contributed by atoms with Crippen molar-refractivity contribution in [2.24, 2.45) is 5.92 Å². The van der Waals surface area contributed by atoms with Gasteiger partial charge in [0.15, 0.2) is 0 Å². The highest BCUT2D eigenvalue weighted by Gasteiger charge is 2.42. The molecule has 0 saturated carbocycles. The Kier molecular flexibility index (Phi) is 4.82. The maximum atomic E-state index is 12.6. The smallest absolute Gasteiger partial charge is 0.255 e. The number of aryl methyl sites for hydroxylation is 1. The molecule has 2 aromatic rings. The minimum atomic E-state index is -3.70. The van der Waals surface area contributed by atoms with E-state index in [0.717, 1.165) is 16.3 Å². The van der Waals surface area contributed by atoms with Crippen molar-refractivity contribution in [3.8, 4) is 0 Å². The first kappa shape index (κ1) is 18.1. The van der Waals surface area contributed by atoms with Crippen LogP contribution < -0.4 is 9.62 Å². The number of rotatable bonds is 4. The summed E-state index contributed by atoms with van der Waals surface area (Å²) in [5.41, 5.74) is 2.19. The van der Waals surface area contributed by atoms with E-state index >= 15 is 0 Å². The van der Waals surface area contributed by atoms with E-state index in [2.05, 4.69) is 5.32 Å². The molecule has 1 unspecified atom stereocenters. The highest BCUT2D eigenvalue weighted by Crippen LogP contribution is 2.29. The van der Waals surface area contributed by atoms with E-state index in [-0.39, 0.29) is 22.9 Å². The first-order valence-corrected chi connectivity index (χ1v) is 10.0. The molecule has 1 atom stereocenters. The van der Waals surface area contributed by atoms with Crippen LogP contribution in [0, 0.1) is 5.92 Å². The van der Waals surface area contributed by atoms with Crippen molar-refractivity contribution in [3.63, 3.8) is 0 Å². The van der Waals surface area contributed by atoms with Gasteiger partial charge < -0.3 is 5.32 Å². The topological polar surface area (TPSA) is 83.6 Å². The molecule has 0 spiro atoms. The molecule has 0 aliphatic carbocycles. The fraction of sp³-hybridized carbons (Fsp3) is 0.263. The predicted molar refractivity (Wildman–Crippen MR) is 101 cm³/mol. The van der Waals surface area contributed by atoms with Gasteiger partial charge in [-0.2, -0.15) is 0 Å². The molecule has 1 aliphatic heterocycles. The van der Waals surface area contributed by atoms with Crippen LogP contribution >= 0.6 is 0 Å². The number of amides is 2. The summed E-state index contributed by atoms with van der Waals surface area (Å²) < 4.78 is 25.3. The minimum Gasteiger partial charge on any atom is -0.322 e. The van der Waals surface area contributed by atoms with Gasteiger partial charge in [0.25, 0.3) is 5.91 Å². The van der Waals surface area contributed by atoms with Crippen LogP contribution in [0.15, 0.2) is 48.5 Å². The second kappa shape index (κ2) is 6.92. The van der Waals surface area contributed by atoms with Gasteiger partial charge in [0.1, 0.15) is 0 Å². The van der Waals surface area contributed by atoms with Crippen LogP contribution in [0.25, 0.3) is 0 Å². The fourth-order valence-electron chi connectivity index (χ4n) is 3.01. The average Bonchev–Trinajstić information content (AvgIpc) is 2.82. The molecule has 1 aliphatic rings. The molecule has 2 amide bonds. The number of nitrogens with zero attached hydrogens (tertiary/aromatic N) is 1. The summed E-state index contributed by atoms with van der Waals surface area (Å²) in [5, 5.41) is 2.84. The average molecular weight is 372 g/mol. The SMILES string of the molecule is CCc1ccccc1NC(=O)c1cccc(N2C(=O)C(C)CS2(=O)=O)c1. The lowest BCUT2D eigenvalue weighted by atomic mass is 10.1. The molecule has 2 aromatic carbocycles. The Balaban J connectivity index is 1.90. The Labute approximate surface area is 152 Å². The van der Waals surface area contributed by atoms with Crippen molar-refractivity contribution in [2.45, 2.75) is 20.3 Å². The van der Waals surface area contributed by atoms with Crippen LogP contribution in [-0.2, 0) is 21.2 Å². The van der Waals surface area contributed by atoms with Gasteiger partial charge in [-0.1, -0.05) is 38.1 Å². The van der Waals surface area contributed by atoms with Gasteiger partial charge in [-0.15, -0.1) is 0 Å². The maximum absolute atomic E-state index is 12.6. The second-order valence-electron chi connectivity index (χ2n) is 6.30. The number of hydrogen-bond acceptors (Lipinski definition) is 4. The standard InChI is InChI=1S/C19H20N2O4S/c1-3-14-7-4-5-10-17(14)20-18(22)15-8-6-9-16(11-15)21-19(23)13(2)12-26(21,24)25/h4-11,13H,3,12H2,1-2H3,(H,20,22). The van der Waals surface area contributed by atoms with Crippen molar-refractivity contribution in [1.82, 2.24) is 0 Å². The zero-order valence-corrected chi connectivity index (χ0v) is 15.4. The molecule has 6 nitrogen and oxygen atoms in total. The Hall–Kier alpha value is -2.67. The summed E-state index contributed by atoms with van der Waals surface area (Å²) in [5.74, 6) is -1.63. The molecule has 0 bridgehead atoms. The minimum absolute atomic E-state index is 0.191. The number of carbonyl (C=O) groups excluding carboxylic acids is 2. The van der Waals surface area contributed by atoms with Crippen molar-refractivity contribution >= 4 is 33.2 Å². The summed E-state index contributed by atoms with van der Waals surface area (Å²) in [7, 11) is -3.70. The van der Waals surface area contributed by atoms with E-state index in [1.807, 2.05) is 31.2 Å². The lowest BCUT2D eigenvalue weighted by molar-refractivity contribution is -0.119. The first-order valence-electron chi connectivity index (χ1n) is 8.39. The number of sulfonamides is 1. The van der Waals surface area contributed by atoms with Crippen molar-refractivity contribution in [3.05, 3.63) is 59.7 Å². The van der Waals surface area contributed by atoms with Crippen LogP contribution in [-0.4, -0.2) is 26.0 Å². The Morgan fingerprint density at radius 1 is 1.19 bits per heavy atom. The molecular weight excluding hydrogens is 352 g/mol. The zero-order valence-electron chi connectivity index (χ0n) is 14.6. The van der Waals surface area contributed by atoms with Gasteiger partial charge in [-0.25, -0.2) is 12.7 Å². The third kappa shape index (κ3) is 3.35. The van der Waals surface area contributed by atoms with Crippen molar-refractivity contribution in [2.75, 3.05) is 15.4 Å². The lowest BCUT2D eigenvalue weighted by Crippen LogP contribution is -2.30. The summed E-state index contributed by atoms with van der Waals surface area (Å²) in [6, 6.07) is 13.6. The molecular formula is C19H20N2O4S. The van der Waals surface area contributed by atoms with Gasteiger partial charge in [-0.05, 0) is 36.2 Å². The van der Waals surface area contributed by atoms with Gasteiger partial charge in [0, 0.05) is 11.3 Å². The first-order chi connectivity index (χ1) is 12.3. The second-order valence-corrected chi connectivity index (χ2v) is 8.16. The number of nitrogens with one attached hydrogen (secondary N) is 1. The third-order valence-corrected chi connectivity index (χ3v) is 6.22. The fourth-order valence-corrected chi connectivity index (χ4v) is 4.82. The van der Waals surface area contributed by atoms with Crippen LogP contribution in [0.5, 0.6) is 0 Å². The van der Waals surface area contributed by atoms with E-state index in [4.69, 9.17) is 0 Å². The summed E-state index contributed by atoms with van der Waals surface area (Å²) >= 11 is 0. The maximum Gasteiger partial charge on any atom is 0.255 e. The molecule has 0 aromatic heterocycles. The number of carbonyl (C=O) groups is 2. The monoisotopic (exact) mass is 372 g/mol. The molecule has 136 valence electrons. The van der Waals surface area contributed by atoms with Crippen molar-refractivity contribution in [1.29, 1.82) is 0 Å². The van der Waals surface area contributed by atoms with E-state index in [1.54, 1.807) is 19.1 Å². The number of hydrogen-bond donors (Lipinski definition) is 1. The summed E-state index contributed by atoms with van der Waals surface area (Å²) in [6.07, 6.45) is 0.773.